The van der Waals surface area contributed by atoms with Crippen LogP contribution in [0.5, 0.6) is 0 Å². The zero-order chi connectivity index (χ0) is 14.3. The second kappa shape index (κ2) is 7.15. The number of carboxylic acid groups (broad SMARTS) is 1. The summed E-state index contributed by atoms with van der Waals surface area (Å²) in [6.07, 6.45) is 3.24. The summed E-state index contributed by atoms with van der Waals surface area (Å²) in [7, 11) is 0. The summed E-state index contributed by atoms with van der Waals surface area (Å²) in [6, 6.07) is 3.54. The molecule has 0 aliphatic carbocycles. The molecule has 0 saturated heterocycles. The normalized spacial score (nSPS) is 13.1. The lowest BCUT2D eigenvalue weighted by Crippen LogP contribution is -2.46. The number of aromatic nitrogens is 1. The van der Waals surface area contributed by atoms with Crippen LogP contribution in [-0.4, -0.2) is 28.1 Å². The van der Waals surface area contributed by atoms with Gasteiger partial charge < -0.3 is 15.7 Å². The summed E-state index contributed by atoms with van der Waals surface area (Å²) in [5.74, 6) is -1.10. The highest BCUT2D eigenvalue weighted by Gasteiger charge is 2.19. The van der Waals surface area contributed by atoms with Gasteiger partial charge >= 0.3 is 12.0 Å². The fourth-order valence-corrected chi connectivity index (χ4v) is 1.49. The number of nitrogens with one attached hydrogen (secondary N) is 2. The molecule has 0 radical (unpaired) electrons. The van der Waals surface area contributed by atoms with Gasteiger partial charge in [-0.2, -0.15) is 0 Å². The summed E-state index contributed by atoms with van der Waals surface area (Å²) in [6.45, 7) is 5.22. The van der Waals surface area contributed by atoms with Crippen LogP contribution in [0.3, 0.4) is 0 Å². The maximum atomic E-state index is 11.7. The molecule has 1 aromatic rings. The van der Waals surface area contributed by atoms with Crippen molar-refractivity contribution in [2.75, 3.05) is 0 Å². The van der Waals surface area contributed by atoms with Crippen LogP contribution < -0.4 is 10.6 Å². The lowest BCUT2D eigenvalue weighted by Gasteiger charge is -2.17. The van der Waals surface area contributed by atoms with E-state index in [1.807, 2.05) is 6.07 Å². The Bertz CT molecular complexity index is 448. The van der Waals surface area contributed by atoms with E-state index in [9.17, 15) is 9.59 Å². The van der Waals surface area contributed by atoms with Crippen LogP contribution in [0.4, 0.5) is 4.79 Å². The van der Waals surface area contributed by atoms with Crippen molar-refractivity contribution in [3.8, 4) is 0 Å². The minimum Gasteiger partial charge on any atom is -0.480 e. The van der Waals surface area contributed by atoms with Gasteiger partial charge in [0.05, 0.1) is 11.7 Å². The lowest BCUT2D eigenvalue weighted by atomic mass is 10.2. The highest BCUT2D eigenvalue weighted by Crippen LogP contribution is 2.07. The van der Waals surface area contributed by atoms with Crippen LogP contribution in [-0.2, 0) is 4.79 Å². The average Bonchev–Trinajstić information content (AvgIpc) is 2.39. The standard InChI is InChI=1S/C13H17N3O3/c1-3-6-11(12(17)18)16-13(19)15-9(2)10-7-4-5-8-14-10/h3-5,7-9,11H,1,6H2,2H3,(H,17,18)(H2,15,16,19). The van der Waals surface area contributed by atoms with E-state index in [1.54, 1.807) is 25.3 Å². The van der Waals surface area contributed by atoms with Gasteiger partial charge in [-0.05, 0) is 25.5 Å². The molecule has 1 rings (SSSR count). The van der Waals surface area contributed by atoms with Crippen molar-refractivity contribution in [3.05, 3.63) is 42.7 Å². The number of pyridine rings is 1. The number of amides is 2. The SMILES string of the molecule is C=CCC(NC(=O)NC(C)c1ccccn1)C(=O)O. The Morgan fingerprint density at radius 2 is 2.21 bits per heavy atom. The van der Waals surface area contributed by atoms with Crippen LogP contribution in [0.25, 0.3) is 0 Å². The van der Waals surface area contributed by atoms with Crippen molar-refractivity contribution < 1.29 is 14.7 Å². The van der Waals surface area contributed by atoms with Crippen LogP contribution in [0.15, 0.2) is 37.1 Å². The molecular formula is C13H17N3O3. The molecular weight excluding hydrogens is 246 g/mol. The first kappa shape index (κ1) is 14.7. The van der Waals surface area contributed by atoms with E-state index < -0.39 is 18.0 Å². The topological polar surface area (TPSA) is 91.3 Å². The molecule has 2 unspecified atom stereocenters. The Hall–Kier alpha value is -2.37. The van der Waals surface area contributed by atoms with Crippen molar-refractivity contribution in [2.24, 2.45) is 0 Å². The van der Waals surface area contributed by atoms with E-state index in [2.05, 4.69) is 22.2 Å². The first-order chi connectivity index (χ1) is 9.04. The highest BCUT2D eigenvalue weighted by molar-refractivity contribution is 5.82. The molecule has 0 bridgehead atoms. The van der Waals surface area contributed by atoms with Gasteiger partial charge in [-0.3, -0.25) is 4.98 Å². The van der Waals surface area contributed by atoms with Gasteiger partial charge in [0.15, 0.2) is 0 Å². The summed E-state index contributed by atoms with van der Waals surface area (Å²) in [5.41, 5.74) is 0.702. The molecule has 0 fully saturated rings. The van der Waals surface area contributed by atoms with Crippen molar-refractivity contribution in [2.45, 2.75) is 25.4 Å². The first-order valence-corrected chi connectivity index (χ1v) is 5.86. The zero-order valence-electron chi connectivity index (χ0n) is 10.7. The smallest absolute Gasteiger partial charge is 0.326 e. The third kappa shape index (κ3) is 4.79. The Kier molecular flexibility index (Phi) is 5.53. The zero-order valence-corrected chi connectivity index (χ0v) is 10.7. The third-order valence-electron chi connectivity index (χ3n) is 2.48. The fourth-order valence-electron chi connectivity index (χ4n) is 1.49. The quantitative estimate of drug-likeness (QED) is 0.678. The Balaban J connectivity index is 2.55. The molecule has 6 nitrogen and oxygen atoms in total. The van der Waals surface area contributed by atoms with Gasteiger partial charge in [-0.25, -0.2) is 9.59 Å². The average molecular weight is 263 g/mol. The molecule has 102 valence electrons. The minimum atomic E-state index is -1.10. The van der Waals surface area contributed by atoms with Gasteiger partial charge in [0.1, 0.15) is 6.04 Å². The fraction of sp³-hybridized carbons (Fsp3) is 0.308. The van der Waals surface area contributed by atoms with Crippen LogP contribution >= 0.6 is 0 Å². The molecule has 19 heavy (non-hydrogen) atoms. The summed E-state index contributed by atoms with van der Waals surface area (Å²) >= 11 is 0. The molecule has 6 heteroatoms. The number of hydrogen-bond donors (Lipinski definition) is 3. The molecule has 2 amide bonds. The van der Waals surface area contributed by atoms with Gasteiger partial charge in [-0.1, -0.05) is 12.1 Å². The number of hydrogen-bond acceptors (Lipinski definition) is 3. The van der Waals surface area contributed by atoms with Gasteiger partial charge in [-0.15, -0.1) is 6.58 Å². The summed E-state index contributed by atoms with van der Waals surface area (Å²) in [4.78, 5) is 26.7. The molecule has 0 aromatic carbocycles. The molecule has 2 atom stereocenters. The monoisotopic (exact) mass is 263 g/mol. The number of carbonyl (C=O) groups is 2. The minimum absolute atomic E-state index is 0.167. The van der Waals surface area contributed by atoms with Gasteiger partial charge in [0.2, 0.25) is 0 Å². The Morgan fingerprint density at radius 1 is 1.47 bits per heavy atom. The van der Waals surface area contributed by atoms with E-state index in [1.165, 1.54) is 6.08 Å². The van der Waals surface area contributed by atoms with Crippen molar-refractivity contribution >= 4 is 12.0 Å². The number of rotatable bonds is 6. The third-order valence-corrected chi connectivity index (χ3v) is 2.48. The second-order valence-electron chi connectivity index (χ2n) is 4.01. The highest BCUT2D eigenvalue weighted by atomic mass is 16.4. The Morgan fingerprint density at radius 3 is 2.74 bits per heavy atom. The predicted molar refractivity (Wildman–Crippen MR) is 70.6 cm³/mol. The maximum absolute atomic E-state index is 11.7. The molecule has 0 aliphatic heterocycles. The van der Waals surface area contributed by atoms with E-state index in [0.717, 1.165) is 0 Å². The number of carboxylic acids is 1. The number of aliphatic carboxylic acids is 1. The van der Waals surface area contributed by atoms with Crippen LogP contribution in [0.2, 0.25) is 0 Å². The molecule has 1 heterocycles. The van der Waals surface area contributed by atoms with E-state index in [-0.39, 0.29) is 12.5 Å². The number of nitrogens with zero attached hydrogens (tertiary/aromatic N) is 1. The second-order valence-corrected chi connectivity index (χ2v) is 4.01. The van der Waals surface area contributed by atoms with E-state index >= 15 is 0 Å². The lowest BCUT2D eigenvalue weighted by molar-refractivity contribution is -0.139. The molecule has 3 N–H and O–H groups in total. The van der Waals surface area contributed by atoms with Gasteiger partial charge in [0, 0.05) is 6.20 Å². The maximum Gasteiger partial charge on any atom is 0.326 e. The van der Waals surface area contributed by atoms with Crippen molar-refractivity contribution in [3.63, 3.8) is 0 Å². The van der Waals surface area contributed by atoms with Crippen LogP contribution in [0.1, 0.15) is 25.1 Å². The predicted octanol–water partition coefficient (Wildman–Crippen LogP) is 1.47. The summed E-state index contributed by atoms with van der Waals surface area (Å²) < 4.78 is 0. The van der Waals surface area contributed by atoms with Crippen molar-refractivity contribution in [1.29, 1.82) is 0 Å². The van der Waals surface area contributed by atoms with Gasteiger partial charge in [0.25, 0.3) is 0 Å². The van der Waals surface area contributed by atoms with Crippen molar-refractivity contribution in [1.82, 2.24) is 15.6 Å². The largest absolute Gasteiger partial charge is 0.480 e. The molecule has 0 aliphatic rings. The van der Waals surface area contributed by atoms with E-state index in [0.29, 0.717) is 5.69 Å². The Labute approximate surface area is 111 Å². The number of urea groups is 1. The molecule has 1 aromatic heterocycles. The van der Waals surface area contributed by atoms with E-state index in [4.69, 9.17) is 5.11 Å². The van der Waals surface area contributed by atoms with Crippen LogP contribution in [0, 0.1) is 0 Å². The first-order valence-electron chi connectivity index (χ1n) is 5.86. The summed E-state index contributed by atoms with van der Waals surface area (Å²) in [5, 5.41) is 13.9. The number of carbonyl (C=O) groups excluding carboxylic acids is 1. The molecule has 0 saturated carbocycles. The molecule has 0 spiro atoms.